The maximum absolute atomic E-state index is 13.8. The minimum Gasteiger partial charge on any atom is -0.390 e. The van der Waals surface area contributed by atoms with Crippen molar-refractivity contribution in [3.05, 3.63) is 106 Å². The molecule has 0 radical (unpaired) electrons. The predicted molar refractivity (Wildman–Crippen MR) is 144 cm³/mol. The molecule has 0 aliphatic rings. The summed E-state index contributed by atoms with van der Waals surface area (Å²) in [5.41, 5.74) is 3.35. The highest BCUT2D eigenvalue weighted by molar-refractivity contribution is 6.31. The van der Waals surface area contributed by atoms with Gasteiger partial charge >= 0.3 is 0 Å². The Balaban J connectivity index is 1.68. The van der Waals surface area contributed by atoms with Crippen molar-refractivity contribution >= 4 is 17.5 Å². The van der Waals surface area contributed by atoms with Crippen LogP contribution in [0, 0.1) is 28.9 Å². The Morgan fingerprint density at radius 1 is 1.03 bits per heavy atom. The zero-order valence-corrected chi connectivity index (χ0v) is 22.0. The number of amides is 1. The Morgan fingerprint density at radius 2 is 1.74 bits per heavy atom. The lowest BCUT2D eigenvalue weighted by Crippen LogP contribution is -2.50. The molecule has 5 nitrogen and oxygen atoms in total. The molecule has 200 valence electrons. The Hall–Kier alpha value is -3.31. The first kappa shape index (κ1) is 29.2. The Morgan fingerprint density at radius 3 is 2.42 bits per heavy atom. The molecule has 3 atom stereocenters. The molecule has 1 amide bonds. The van der Waals surface area contributed by atoms with Gasteiger partial charge in [-0.25, -0.2) is 8.78 Å². The third-order valence-electron chi connectivity index (χ3n) is 6.38. The molecule has 0 bridgehead atoms. The molecule has 0 aliphatic heterocycles. The van der Waals surface area contributed by atoms with E-state index in [0.29, 0.717) is 18.0 Å². The fourth-order valence-electron chi connectivity index (χ4n) is 4.27. The highest BCUT2D eigenvalue weighted by Crippen LogP contribution is 2.19. The van der Waals surface area contributed by atoms with Gasteiger partial charge in [0.15, 0.2) is 0 Å². The fourth-order valence-corrected chi connectivity index (χ4v) is 4.50. The van der Waals surface area contributed by atoms with Gasteiger partial charge in [0.25, 0.3) is 0 Å². The number of hydrogen-bond donors (Lipinski definition) is 3. The Bertz CT molecular complexity index is 1240. The second-order valence-electron chi connectivity index (χ2n) is 9.28. The number of hydrogen-bond acceptors (Lipinski definition) is 4. The zero-order valence-electron chi connectivity index (χ0n) is 21.3. The van der Waals surface area contributed by atoms with Gasteiger partial charge in [-0.05, 0) is 66.1 Å². The van der Waals surface area contributed by atoms with Crippen LogP contribution in [0.3, 0.4) is 0 Å². The molecule has 0 fully saturated rings. The summed E-state index contributed by atoms with van der Waals surface area (Å²) in [4.78, 5) is 13.0. The standard InChI is InChI=1S/C30H32ClF2N3O2/c1-2-20-6-5-7-21(12-20)18-35-19-29(37)28(15-22-13-25(32)16-26(33)14-22)36-30(38)24(17-34)11-10-23-8-3-4-9-27(23)31/h3-9,12-14,16,24,28-29,35,37H,2,10-11,15,18-19H2,1H3,(H,36,38)/t24?,28-,29+/m0/s1. The molecular formula is C30H32ClF2N3O2. The minimum atomic E-state index is -1.08. The van der Waals surface area contributed by atoms with Gasteiger partial charge in [-0.1, -0.05) is 61.0 Å². The van der Waals surface area contributed by atoms with Crippen molar-refractivity contribution in [1.29, 1.82) is 5.26 Å². The van der Waals surface area contributed by atoms with Crippen LogP contribution in [0.15, 0.2) is 66.7 Å². The van der Waals surface area contributed by atoms with Gasteiger partial charge in [0.2, 0.25) is 5.91 Å². The van der Waals surface area contributed by atoms with Crippen LogP contribution in [-0.4, -0.2) is 29.7 Å². The molecule has 3 aromatic carbocycles. The van der Waals surface area contributed by atoms with Crippen molar-refractivity contribution in [3.63, 3.8) is 0 Å². The summed E-state index contributed by atoms with van der Waals surface area (Å²) in [7, 11) is 0. The molecule has 38 heavy (non-hydrogen) atoms. The van der Waals surface area contributed by atoms with E-state index in [9.17, 15) is 23.9 Å². The van der Waals surface area contributed by atoms with Gasteiger partial charge in [0.05, 0.1) is 18.2 Å². The molecule has 3 aromatic rings. The third-order valence-corrected chi connectivity index (χ3v) is 6.75. The van der Waals surface area contributed by atoms with Gasteiger partial charge in [-0.15, -0.1) is 0 Å². The quantitative estimate of drug-likeness (QED) is 0.281. The van der Waals surface area contributed by atoms with E-state index in [1.54, 1.807) is 12.1 Å². The van der Waals surface area contributed by atoms with Crippen molar-refractivity contribution in [1.82, 2.24) is 10.6 Å². The van der Waals surface area contributed by atoms with Crippen LogP contribution in [0.1, 0.15) is 35.6 Å². The normalized spacial score (nSPS) is 13.4. The van der Waals surface area contributed by atoms with Crippen LogP contribution < -0.4 is 10.6 Å². The molecule has 0 saturated heterocycles. The summed E-state index contributed by atoms with van der Waals surface area (Å²) in [6.07, 6.45) is 0.465. The molecule has 0 aliphatic carbocycles. The van der Waals surface area contributed by atoms with Crippen LogP contribution in [0.25, 0.3) is 0 Å². The lowest BCUT2D eigenvalue weighted by atomic mass is 9.97. The Labute approximate surface area is 227 Å². The molecule has 0 heterocycles. The number of aliphatic hydroxyl groups is 1. The average Bonchev–Trinajstić information content (AvgIpc) is 2.89. The maximum atomic E-state index is 13.8. The van der Waals surface area contributed by atoms with Gasteiger partial charge in [0.1, 0.15) is 17.6 Å². The number of carbonyl (C=O) groups excluding carboxylic acids is 1. The van der Waals surface area contributed by atoms with Gasteiger partial charge < -0.3 is 15.7 Å². The second-order valence-corrected chi connectivity index (χ2v) is 9.69. The van der Waals surface area contributed by atoms with Gasteiger partial charge in [-0.3, -0.25) is 4.79 Å². The number of nitriles is 1. The molecule has 0 spiro atoms. The summed E-state index contributed by atoms with van der Waals surface area (Å²) in [5.74, 6) is -3.04. The zero-order chi connectivity index (χ0) is 27.5. The summed E-state index contributed by atoms with van der Waals surface area (Å²) < 4.78 is 27.6. The highest BCUT2D eigenvalue weighted by atomic mass is 35.5. The van der Waals surface area contributed by atoms with Crippen LogP contribution in [0.4, 0.5) is 8.78 Å². The Kier molecular flexibility index (Phi) is 11.2. The summed E-state index contributed by atoms with van der Waals surface area (Å²) >= 11 is 6.20. The van der Waals surface area contributed by atoms with E-state index in [1.165, 1.54) is 5.56 Å². The second kappa shape index (κ2) is 14.6. The predicted octanol–water partition coefficient (Wildman–Crippen LogP) is 5.13. The molecule has 0 aromatic heterocycles. The molecule has 0 saturated carbocycles. The third kappa shape index (κ3) is 8.91. The van der Waals surface area contributed by atoms with E-state index >= 15 is 0 Å². The van der Waals surface area contributed by atoms with E-state index in [1.807, 2.05) is 36.4 Å². The van der Waals surface area contributed by atoms with Crippen LogP contribution in [0.5, 0.6) is 0 Å². The maximum Gasteiger partial charge on any atom is 0.237 e. The SMILES string of the molecule is CCc1cccc(CNC[C@@H](O)[C@H](Cc2cc(F)cc(F)c2)NC(=O)C(C#N)CCc2ccccc2Cl)c1. The first-order valence-corrected chi connectivity index (χ1v) is 13.0. The van der Waals surface area contributed by atoms with E-state index < -0.39 is 35.6 Å². The number of benzene rings is 3. The van der Waals surface area contributed by atoms with E-state index in [-0.39, 0.29) is 24.9 Å². The first-order chi connectivity index (χ1) is 18.3. The van der Waals surface area contributed by atoms with E-state index in [4.69, 9.17) is 11.6 Å². The number of aliphatic hydroxyl groups excluding tert-OH is 1. The number of nitrogens with one attached hydrogen (secondary N) is 2. The summed E-state index contributed by atoms with van der Waals surface area (Å²) in [6.45, 7) is 2.69. The number of halogens is 3. The van der Waals surface area contributed by atoms with Crippen LogP contribution >= 0.6 is 11.6 Å². The number of rotatable bonds is 13. The first-order valence-electron chi connectivity index (χ1n) is 12.6. The van der Waals surface area contributed by atoms with Crippen molar-refractivity contribution in [2.75, 3.05) is 6.54 Å². The van der Waals surface area contributed by atoms with E-state index in [0.717, 1.165) is 35.7 Å². The van der Waals surface area contributed by atoms with Gasteiger partial charge in [-0.2, -0.15) is 5.26 Å². The smallest absolute Gasteiger partial charge is 0.237 e. The average molecular weight is 540 g/mol. The molecular weight excluding hydrogens is 508 g/mol. The van der Waals surface area contributed by atoms with E-state index in [2.05, 4.69) is 23.6 Å². The van der Waals surface area contributed by atoms with Crippen molar-refractivity contribution in [2.24, 2.45) is 5.92 Å². The van der Waals surface area contributed by atoms with Gasteiger partial charge in [0, 0.05) is 24.2 Å². The highest BCUT2D eigenvalue weighted by Gasteiger charge is 2.26. The minimum absolute atomic E-state index is 0.0166. The van der Waals surface area contributed by atoms with Crippen molar-refractivity contribution in [3.8, 4) is 6.07 Å². The monoisotopic (exact) mass is 539 g/mol. The topological polar surface area (TPSA) is 85.2 Å². The van der Waals surface area contributed by atoms with Crippen LogP contribution in [-0.2, 0) is 30.6 Å². The lowest BCUT2D eigenvalue weighted by molar-refractivity contribution is -0.125. The van der Waals surface area contributed by atoms with Crippen LogP contribution in [0.2, 0.25) is 5.02 Å². The number of carbonyl (C=O) groups is 1. The number of aryl methyl sites for hydroxylation is 2. The fraction of sp³-hybridized carbons (Fsp3) is 0.333. The van der Waals surface area contributed by atoms with Crippen molar-refractivity contribution in [2.45, 2.75) is 51.3 Å². The molecule has 3 rings (SSSR count). The largest absolute Gasteiger partial charge is 0.390 e. The number of nitrogens with zero attached hydrogens (tertiary/aromatic N) is 1. The molecule has 1 unspecified atom stereocenters. The van der Waals surface area contributed by atoms with Crippen molar-refractivity contribution < 1.29 is 18.7 Å². The lowest BCUT2D eigenvalue weighted by Gasteiger charge is -2.26. The molecule has 8 heteroatoms. The summed E-state index contributed by atoms with van der Waals surface area (Å²) in [6, 6.07) is 19.5. The summed E-state index contributed by atoms with van der Waals surface area (Å²) in [5, 5.41) is 27.1. The molecule has 3 N–H and O–H groups in total.